The van der Waals surface area contributed by atoms with E-state index in [1.165, 1.54) is 20.2 Å². The van der Waals surface area contributed by atoms with Gasteiger partial charge in [-0.25, -0.2) is 0 Å². The summed E-state index contributed by atoms with van der Waals surface area (Å²) < 4.78 is 5.09. The van der Waals surface area contributed by atoms with Gasteiger partial charge in [0, 0.05) is 6.92 Å². The molecule has 0 radical (unpaired) electrons. The van der Waals surface area contributed by atoms with E-state index in [1.54, 1.807) is 0 Å². The number of methoxy groups -OCH3 is 1. The molecule has 90 valence electrons. The van der Waals surface area contributed by atoms with Crippen molar-refractivity contribution in [1.82, 2.24) is 20.5 Å². The van der Waals surface area contributed by atoms with Crippen LogP contribution < -0.4 is 15.5 Å². The molecule has 0 saturated heterocycles. The van der Waals surface area contributed by atoms with Crippen LogP contribution in [0.3, 0.4) is 0 Å². The number of hydrogen-bond acceptors (Lipinski definition) is 4. The highest BCUT2D eigenvalue weighted by Crippen LogP contribution is 2.15. The van der Waals surface area contributed by atoms with Crippen LogP contribution in [0.15, 0.2) is 11.0 Å². The number of nitrogens with one attached hydrogen (secondary N) is 3. The zero-order valence-corrected chi connectivity index (χ0v) is 9.46. The lowest BCUT2D eigenvalue weighted by molar-refractivity contribution is -0.119. The smallest absolute Gasteiger partial charge is 0.217 e. The Bertz CT molecular complexity index is 614. The van der Waals surface area contributed by atoms with Gasteiger partial charge in [-0.15, -0.1) is 0 Å². The maximum atomic E-state index is 12.1. The first kappa shape index (κ1) is 11.2. The molecule has 17 heavy (non-hydrogen) atoms. The maximum absolute atomic E-state index is 12.1. The van der Waals surface area contributed by atoms with Gasteiger partial charge in [0.25, 0.3) is 0 Å². The van der Waals surface area contributed by atoms with Gasteiger partial charge in [-0.05, 0) is 0 Å². The zero-order valence-electron chi connectivity index (χ0n) is 9.46. The molecule has 2 aromatic rings. The summed E-state index contributed by atoms with van der Waals surface area (Å²) in [6.07, 6.45) is 1.50. The Morgan fingerprint density at radius 1 is 1.59 bits per heavy atom. The fourth-order valence-electron chi connectivity index (χ4n) is 1.55. The van der Waals surface area contributed by atoms with E-state index in [-0.39, 0.29) is 17.9 Å². The van der Waals surface area contributed by atoms with Crippen molar-refractivity contribution in [1.29, 1.82) is 0 Å². The highest BCUT2D eigenvalue weighted by molar-refractivity contribution is 5.76. The minimum atomic E-state index is -0.234. The van der Waals surface area contributed by atoms with E-state index in [1.807, 2.05) is 0 Å². The molecule has 0 spiro atoms. The molecular formula is C10H12N4O3. The van der Waals surface area contributed by atoms with E-state index in [0.717, 1.165) is 0 Å². The molecule has 1 amide bonds. The summed E-state index contributed by atoms with van der Waals surface area (Å²) in [5, 5.41) is 8.94. The number of H-pyrrole nitrogens is 2. The quantitative estimate of drug-likeness (QED) is 0.692. The molecule has 0 aliphatic carbocycles. The largest absolute Gasteiger partial charge is 0.482 e. The molecule has 2 heterocycles. The fourth-order valence-corrected chi connectivity index (χ4v) is 1.55. The van der Waals surface area contributed by atoms with Gasteiger partial charge in [0.15, 0.2) is 5.88 Å². The standard InChI is InChI=1S/C10H12N4O3/c1-5(15)11-3-6-9(16)8-7(4-12-14-8)13-10(6)17-2/h4H,3H2,1-2H3,(H,11,15)(H,12,14)(H,13,16). The lowest BCUT2D eigenvalue weighted by Gasteiger charge is -2.08. The van der Waals surface area contributed by atoms with Crippen LogP contribution in [0.25, 0.3) is 11.0 Å². The third kappa shape index (κ3) is 1.99. The van der Waals surface area contributed by atoms with Crippen molar-refractivity contribution in [3.8, 4) is 5.88 Å². The number of ether oxygens (including phenoxy) is 1. The van der Waals surface area contributed by atoms with Crippen molar-refractivity contribution in [2.45, 2.75) is 13.5 Å². The van der Waals surface area contributed by atoms with Crippen LogP contribution in [0, 0.1) is 0 Å². The topological polar surface area (TPSA) is 99.9 Å². The summed E-state index contributed by atoms with van der Waals surface area (Å²) in [7, 11) is 1.45. The molecule has 0 aliphatic rings. The molecule has 0 atom stereocenters. The average molecular weight is 236 g/mol. The zero-order chi connectivity index (χ0) is 12.4. The highest BCUT2D eigenvalue weighted by atomic mass is 16.5. The first-order valence-electron chi connectivity index (χ1n) is 5.00. The Hall–Kier alpha value is -2.31. The van der Waals surface area contributed by atoms with Crippen molar-refractivity contribution >= 4 is 16.9 Å². The van der Waals surface area contributed by atoms with Gasteiger partial charge >= 0.3 is 0 Å². The molecule has 0 saturated carbocycles. The van der Waals surface area contributed by atoms with E-state index in [0.29, 0.717) is 22.5 Å². The third-order valence-electron chi connectivity index (χ3n) is 2.38. The first-order valence-corrected chi connectivity index (χ1v) is 5.00. The van der Waals surface area contributed by atoms with Gasteiger partial charge in [0.1, 0.15) is 5.52 Å². The van der Waals surface area contributed by atoms with Gasteiger partial charge in [0.05, 0.1) is 30.9 Å². The molecule has 0 unspecified atom stereocenters. The monoisotopic (exact) mass is 236 g/mol. The van der Waals surface area contributed by atoms with E-state index in [9.17, 15) is 9.59 Å². The van der Waals surface area contributed by atoms with Crippen LogP contribution in [0.4, 0.5) is 0 Å². The van der Waals surface area contributed by atoms with Crippen molar-refractivity contribution in [2.24, 2.45) is 0 Å². The van der Waals surface area contributed by atoms with Crippen LogP contribution in [0.1, 0.15) is 12.5 Å². The van der Waals surface area contributed by atoms with Crippen LogP contribution >= 0.6 is 0 Å². The van der Waals surface area contributed by atoms with Gasteiger partial charge in [-0.2, -0.15) is 5.10 Å². The van der Waals surface area contributed by atoms with Crippen LogP contribution in [-0.4, -0.2) is 28.2 Å². The van der Waals surface area contributed by atoms with Gasteiger partial charge < -0.3 is 15.0 Å². The Morgan fingerprint density at radius 3 is 3.00 bits per heavy atom. The van der Waals surface area contributed by atoms with Crippen molar-refractivity contribution in [3.05, 3.63) is 22.0 Å². The molecule has 2 aromatic heterocycles. The normalized spacial score (nSPS) is 10.5. The Kier molecular flexibility index (Phi) is 2.82. The number of nitrogens with zero attached hydrogens (tertiary/aromatic N) is 1. The molecule has 0 aromatic carbocycles. The second kappa shape index (κ2) is 4.28. The van der Waals surface area contributed by atoms with Crippen molar-refractivity contribution < 1.29 is 9.53 Å². The summed E-state index contributed by atoms with van der Waals surface area (Å²) in [4.78, 5) is 25.8. The second-order valence-corrected chi connectivity index (χ2v) is 3.53. The number of pyridine rings is 1. The molecular weight excluding hydrogens is 224 g/mol. The second-order valence-electron chi connectivity index (χ2n) is 3.53. The lowest BCUT2D eigenvalue weighted by Crippen LogP contribution is -2.24. The molecule has 2 rings (SSSR count). The fraction of sp³-hybridized carbons (Fsp3) is 0.300. The molecule has 7 nitrogen and oxygen atoms in total. The summed E-state index contributed by atoms with van der Waals surface area (Å²) >= 11 is 0. The number of rotatable bonds is 3. The number of carbonyl (C=O) groups is 1. The van der Waals surface area contributed by atoms with E-state index in [2.05, 4.69) is 20.5 Å². The Balaban J connectivity index is 2.54. The molecule has 0 aliphatic heterocycles. The van der Waals surface area contributed by atoms with E-state index in [4.69, 9.17) is 4.74 Å². The average Bonchev–Trinajstić information content (AvgIpc) is 2.75. The third-order valence-corrected chi connectivity index (χ3v) is 2.38. The molecule has 3 N–H and O–H groups in total. The maximum Gasteiger partial charge on any atom is 0.217 e. The molecule has 0 bridgehead atoms. The summed E-state index contributed by atoms with van der Waals surface area (Å²) in [5.74, 6) is 0.119. The highest BCUT2D eigenvalue weighted by Gasteiger charge is 2.13. The Morgan fingerprint density at radius 2 is 2.35 bits per heavy atom. The molecule has 7 heteroatoms. The number of aromatic nitrogens is 3. The predicted molar refractivity (Wildman–Crippen MR) is 60.8 cm³/mol. The van der Waals surface area contributed by atoms with E-state index < -0.39 is 0 Å². The van der Waals surface area contributed by atoms with Gasteiger partial charge in [-0.3, -0.25) is 14.7 Å². The lowest BCUT2D eigenvalue weighted by atomic mass is 10.2. The minimum Gasteiger partial charge on any atom is -0.482 e. The number of carbonyl (C=O) groups excluding carboxylic acids is 1. The van der Waals surface area contributed by atoms with Crippen LogP contribution in [0.5, 0.6) is 5.88 Å². The summed E-state index contributed by atoms with van der Waals surface area (Å²) in [6, 6.07) is 0. The van der Waals surface area contributed by atoms with Crippen molar-refractivity contribution in [2.75, 3.05) is 7.11 Å². The Labute approximate surface area is 96.2 Å². The SMILES string of the molecule is COc1[nH]c2cn[nH]c2c(=O)c1CNC(C)=O. The van der Waals surface area contributed by atoms with Gasteiger partial charge in [-0.1, -0.05) is 0 Å². The van der Waals surface area contributed by atoms with E-state index >= 15 is 0 Å². The number of aromatic amines is 2. The summed E-state index contributed by atoms with van der Waals surface area (Å²) in [5.41, 5.74) is 1.06. The van der Waals surface area contributed by atoms with Crippen LogP contribution in [-0.2, 0) is 11.3 Å². The molecule has 0 fully saturated rings. The predicted octanol–water partition coefficient (Wildman–Crippen LogP) is -0.104. The number of fused-ring (bicyclic) bond motifs is 1. The van der Waals surface area contributed by atoms with Gasteiger partial charge in [0.2, 0.25) is 11.3 Å². The number of amides is 1. The van der Waals surface area contributed by atoms with Crippen molar-refractivity contribution in [3.63, 3.8) is 0 Å². The number of hydrogen-bond donors (Lipinski definition) is 3. The van der Waals surface area contributed by atoms with Crippen LogP contribution in [0.2, 0.25) is 0 Å². The first-order chi connectivity index (χ1) is 8.13. The minimum absolute atomic E-state index is 0.114. The summed E-state index contributed by atoms with van der Waals surface area (Å²) in [6.45, 7) is 1.50.